The zero-order valence-electron chi connectivity index (χ0n) is 12.2. The molecule has 0 fully saturated rings. The Morgan fingerprint density at radius 3 is 2.52 bits per heavy atom. The summed E-state index contributed by atoms with van der Waals surface area (Å²) in [6.45, 7) is 1.63. The monoisotopic (exact) mass is 318 g/mol. The van der Waals surface area contributed by atoms with E-state index in [1.165, 1.54) is 6.20 Å². The first-order valence-electron chi connectivity index (χ1n) is 6.53. The number of carboxylic acids is 1. The van der Waals surface area contributed by atoms with Gasteiger partial charge in [0, 0.05) is 11.8 Å². The fraction of sp³-hybridized carbons (Fsp3) is 0.0667. The number of carbonyl (C=O) groups is 1. The molecule has 8 heteroatoms. The number of pyridine rings is 1. The van der Waals surface area contributed by atoms with Crippen LogP contribution in [-0.4, -0.2) is 16.1 Å². The van der Waals surface area contributed by atoms with Gasteiger partial charge in [0.05, 0.1) is 0 Å². The van der Waals surface area contributed by atoms with Gasteiger partial charge in [0.25, 0.3) is 0 Å². The van der Waals surface area contributed by atoms with Crippen LogP contribution in [-0.2, 0) is 4.79 Å². The number of hydrogen-bond donors (Lipinski definition) is 4. The second-order valence-electron chi connectivity index (χ2n) is 4.59. The molecule has 0 bridgehead atoms. The molecule has 0 aliphatic heterocycles. The van der Waals surface area contributed by atoms with E-state index < -0.39 is 17.6 Å². The van der Waals surface area contributed by atoms with Crippen LogP contribution in [0.1, 0.15) is 5.56 Å². The summed E-state index contributed by atoms with van der Waals surface area (Å²) < 4.78 is 18.8. The second kappa shape index (κ2) is 6.75. The lowest BCUT2D eigenvalue weighted by Crippen LogP contribution is -2.31. The predicted octanol–water partition coefficient (Wildman–Crippen LogP) is 1.25. The quantitative estimate of drug-likeness (QED) is 0.215. The van der Waals surface area contributed by atoms with Gasteiger partial charge in [-0.3, -0.25) is 5.43 Å². The van der Waals surface area contributed by atoms with E-state index in [9.17, 15) is 9.18 Å². The van der Waals surface area contributed by atoms with E-state index >= 15 is 0 Å². The fourth-order valence-electron chi connectivity index (χ4n) is 1.90. The van der Waals surface area contributed by atoms with Crippen molar-refractivity contribution in [2.24, 2.45) is 11.6 Å². The lowest BCUT2D eigenvalue weighted by Gasteiger charge is -2.11. The van der Waals surface area contributed by atoms with Gasteiger partial charge in [-0.15, -0.1) is 0 Å². The van der Waals surface area contributed by atoms with Crippen molar-refractivity contribution in [3.8, 4) is 16.9 Å². The summed E-state index contributed by atoms with van der Waals surface area (Å²) in [6, 6.07) is 8.26. The largest absolute Gasteiger partial charge is 0.476 e. The molecule has 1 aromatic heterocycles. The maximum Gasteiger partial charge on any atom is 0.357 e. The Morgan fingerprint density at radius 2 is 1.96 bits per heavy atom. The summed E-state index contributed by atoms with van der Waals surface area (Å²) in [4.78, 5) is 14.4. The standard InChI is InChI=1S/C15H15FN4O3/c1-8-11(6-7-19-13(8)16)9-2-4-10(5-3-9)23-14(20-18)12(17)15(21)22/h2-7,20H,17-18H2,1H3,(H,21,22)/b14-12+. The number of aliphatic carboxylic acids is 1. The molecule has 0 spiro atoms. The number of carboxylic acid groups (broad SMARTS) is 1. The third kappa shape index (κ3) is 3.55. The molecule has 2 rings (SSSR count). The molecule has 6 N–H and O–H groups in total. The van der Waals surface area contributed by atoms with Crippen LogP contribution in [0, 0.1) is 12.9 Å². The topological polar surface area (TPSA) is 123 Å². The van der Waals surface area contributed by atoms with Gasteiger partial charge in [0.15, 0.2) is 5.70 Å². The minimum absolute atomic E-state index is 0.281. The molecular formula is C15H15FN4O3. The van der Waals surface area contributed by atoms with Crippen LogP contribution >= 0.6 is 0 Å². The highest BCUT2D eigenvalue weighted by atomic mass is 19.1. The highest BCUT2D eigenvalue weighted by Gasteiger charge is 2.12. The predicted molar refractivity (Wildman–Crippen MR) is 81.2 cm³/mol. The van der Waals surface area contributed by atoms with Crippen molar-refractivity contribution in [2.75, 3.05) is 0 Å². The van der Waals surface area contributed by atoms with Crippen LogP contribution in [0.5, 0.6) is 5.75 Å². The molecule has 23 heavy (non-hydrogen) atoms. The highest BCUT2D eigenvalue weighted by molar-refractivity contribution is 5.85. The number of ether oxygens (including phenoxy) is 1. The van der Waals surface area contributed by atoms with Crippen molar-refractivity contribution in [1.29, 1.82) is 0 Å². The molecule has 1 aromatic carbocycles. The summed E-state index contributed by atoms with van der Waals surface area (Å²) in [6.07, 6.45) is 1.38. The van der Waals surface area contributed by atoms with Crippen molar-refractivity contribution >= 4 is 5.97 Å². The van der Waals surface area contributed by atoms with E-state index in [0.717, 1.165) is 5.56 Å². The molecule has 2 aromatic rings. The van der Waals surface area contributed by atoms with Crippen molar-refractivity contribution in [3.05, 3.63) is 59.6 Å². The van der Waals surface area contributed by atoms with Crippen molar-refractivity contribution in [3.63, 3.8) is 0 Å². The Bertz CT molecular complexity index is 760. The molecule has 0 atom stereocenters. The number of nitrogens with zero attached hydrogens (tertiary/aromatic N) is 1. The number of aromatic nitrogens is 1. The molecule has 0 unspecified atom stereocenters. The Hall–Kier alpha value is -3.13. The van der Waals surface area contributed by atoms with Crippen LogP contribution in [0.25, 0.3) is 11.1 Å². The minimum atomic E-state index is -1.36. The van der Waals surface area contributed by atoms with Gasteiger partial charge >= 0.3 is 5.97 Å². The molecule has 120 valence electrons. The van der Waals surface area contributed by atoms with Crippen LogP contribution < -0.4 is 21.7 Å². The van der Waals surface area contributed by atoms with Gasteiger partial charge in [-0.1, -0.05) is 12.1 Å². The summed E-state index contributed by atoms with van der Waals surface area (Å²) in [5.41, 5.74) is 8.76. The molecule has 0 aliphatic carbocycles. The molecule has 0 radical (unpaired) electrons. The third-order valence-corrected chi connectivity index (χ3v) is 3.13. The summed E-state index contributed by atoms with van der Waals surface area (Å²) in [7, 11) is 0. The fourth-order valence-corrected chi connectivity index (χ4v) is 1.90. The molecule has 7 nitrogen and oxygen atoms in total. The zero-order valence-corrected chi connectivity index (χ0v) is 12.2. The number of hydrazine groups is 1. The summed E-state index contributed by atoms with van der Waals surface area (Å²) in [5.74, 6) is 3.33. The first-order chi connectivity index (χ1) is 10.9. The van der Waals surface area contributed by atoms with Crippen LogP contribution in [0.3, 0.4) is 0 Å². The highest BCUT2D eigenvalue weighted by Crippen LogP contribution is 2.26. The lowest BCUT2D eigenvalue weighted by molar-refractivity contribution is -0.132. The maximum atomic E-state index is 13.5. The van der Waals surface area contributed by atoms with Crippen molar-refractivity contribution in [1.82, 2.24) is 10.4 Å². The number of nitrogens with two attached hydrogens (primary N) is 2. The zero-order chi connectivity index (χ0) is 17.0. The molecule has 0 saturated carbocycles. The van der Waals surface area contributed by atoms with Crippen LogP contribution in [0.2, 0.25) is 0 Å². The Kier molecular flexibility index (Phi) is 4.77. The first kappa shape index (κ1) is 16.2. The van der Waals surface area contributed by atoms with E-state index in [1.54, 1.807) is 37.3 Å². The van der Waals surface area contributed by atoms with Crippen LogP contribution in [0.4, 0.5) is 4.39 Å². The second-order valence-corrected chi connectivity index (χ2v) is 4.59. The molecule has 1 heterocycles. The van der Waals surface area contributed by atoms with E-state index in [2.05, 4.69) is 10.4 Å². The molecule has 0 amide bonds. The Labute approximate surface area is 131 Å². The van der Waals surface area contributed by atoms with Crippen molar-refractivity contribution < 1.29 is 19.0 Å². The van der Waals surface area contributed by atoms with Gasteiger partial charge in [-0.25, -0.2) is 15.6 Å². The normalized spacial score (nSPS) is 11.6. The molecule has 0 aliphatic rings. The number of rotatable bonds is 5. The molecule has 0 saturated heterocycles. The Morgan fingerprint density at radius 1 is 1.30 bits per heavy atom. The number of halogens is 1. The lowest BCUT2D eigenvalue weighted by atomic mass is 10.0. The number of hydrogen-bond acceptors (Lipinski definition) is 6. The smallest absolute Gasteiger partial charge is 0.357 e. The summed E-state index contributed by atoms with van der Waals surface area (Å²) in [5, 5.41) is 8.81. The number of benzene rings is 1. The van der Waals surface area contributed by atoms with Gasteiger partial charge in [0.1, 0.15) is 5.75 Å². The van der Waals surface area contributed by atoms with E-state index in [4.69, 9.17) is 21.4 Å². The molecular weight excluding hydrogens is 303 g/mol. The van der Waals surface area contributed by atoms with E-state index in [-0.39, 0.29) is 5.88 Å². The minimum Gasteiger partial charge on any atom is -0.476 e. The van der Waals surface area contributed by atoms with Crippen LogP contribution in [0.15, 0.2) is 48.1 Å². The average Bonchev–Trinajstić information content (AvgIpc) is 2.55. The van der Waals surface area contributed by atoms with E-state index in [1.807, 2.05) is 0 Å². The van der Waals surface area contributed by atoms with Gasteiger partial charge in [-0.2, -0.15) is 4.39 Å². The number of nitrogens with one attached hydrogen (secondary N) is 1. The van der Waals surface area contributed by atoms with Gasteiger partial charge in [0.2, 0.25) is 11.8 Å². The van der Waals surface area contributed by atoms with Gasteiger partial charge in [-0.05, 0) is 36.2 Å². The Balaban J connectivity index is 2.28. The average molecular weight is 318 g/mol. The first-order valence-corrected chi connectivity index (χ1v) is 6.53. The van der Waals surface area contributed by atoms with Crippen molar-refractivity contribution in [2.45, 2.75) is 6.92 Å². The third-order valence-electron chi connectivity index (χ3n) is 3.13. The summed E-state index contributed by atoms with van der Waals surface area (Å²) >= 11 is 0. The van der Waals surface area contributed by atoms with E-state index in [0.29, 0.717) is 16.9 Å². The van der Waals surface area contributed by atoms with Gasteiger partial charge < -0.3 is 15.6 Å². The SMILES string of the molecule is Cc1c(-c2ccc(O/C(NN)=C(/N)C(=O)O)cc2)ccnc1F. The maximum absolute atomic E-state index is 13.5.